The van der Waals surface area contributed by atoms with Crippen LogP contribution in [0.25, 0.3) is 0 Å². The molecule has 2 aromatic heterocycles. The Balaban J connectivity index is 1.57. The van der Waals surface area contributed by atoms with Gasteiger partial charge in [0.15, 0.2) is 0 Å². The predicted octanol–water partition coefficient (Wildman–Crippen LogP) is 1.83. The average molecular weight is 399 g/mol. The Kier molecular flexibility index (Phi) is 7.35. The third kappa shape index (κ3) is 5.87. The van der Waals surface area contributed by atoms with E-state index in [2.05, 4.69) is 20.7 Å². The summed E-state index contributed by atoms with van der Waals surface area (Å²) < 4.78 is 7.72. The van der Waals surface area contributed by atoms with Crippen LogP contribution < -0.4 is 10.6 Å². The van der Waals surface area contributed by atoms with Crippen LogP contribution in [-0.4, -0.2) is 45.3 Å². The molecule has 0 radical (unpaired) electrons. The SMILES string of the molecule is CCCOC1CC(C(=O)NCc2cnn(C)c2)CCC1NC(=O)c1ccncc1. The van der Waals surface area contributed by atoms with E-state index in [0.29, 0.717) is 38.0 Å². The van der Waals surface area contributed by atoms with E-state index < -0.39 is 0 Å². The minimum absolute atomic E-state index is 0.0258. The van der Waals surface area contributed by atoms with E-state index in [1.54, 1.807) is 35.4 Å². The molecular weight excluding hydrogens is 370 g/mol. The summed E-state index contributed by atoms with van der Waals surface area (Å²) in [6.07, 6.45) is 9.57. The van der Waals surface area contributed by atoms with E-state index in [0.717, 1.165) is 12.0 Å². The van der Waals surface area contributed by atoms with E-state index in [9.17, 15) is 9.59 Å². The van der Waals surface area contributed by atoms with Gasteiger partial charge in [-0.2, -0.15) is 5.10 Å². The van der Waals surface area contributed by atoms with E-state index in [-0.39, 0.29) is 29.9 Å². The van der Waals surface area contributed by atoms with E-state index in [1.165, 1.54) is 0 Å². The van der Waals surface area contributed by atoms with Gasteiger partial charge in [-0.3, -0.25) is 19.3 Å². The molecule has 8 heteroatoms. The molecular formula is C21H29N5O3. The van der Waals surface area contributed by atoms with Gasteiger partial charge >= 0.3 is 0 Å². The van der Waals surface area contributed by atoms with Gasteiger partial charge < -0.3 is 15.4 Å². The van der Waals surface area contributed by atoms with Crippen molar-refractivity contribution in [1.29, 1.82) is 0 Å². The second-order valence-electron chi connectivity index (χ2n) is 7.48. The maximum absolute atomic E-state index is 12.7. The van der Waals surface area contributed by atoms with Crippen molar-refractivity contribution in [2.24, 2.45) is 13.0 Å². The van der Waals surface area contributed by atoms with Gasteiger partial charge in [0.25, 0.3) is 5.91 Å². The Hall–Kier alpha value is -2.74. The van der Waals surface area contributed by atoms with Crippen LogP contribution in [0.15, 0.2) is 36.9 Å². The molecule has 2 heterocycles. The molecule has 0 bridgehead atoms. The van der Waals surface area contributed by atoms with Crippen LogP contribution in [0.4, 0.5) is 0 Å². The second-order valence-corrected chi connectivity index (χ2v) is 7.48. The molecule has 8 nitrogen and oxygen atoms in total. The summed E-state index contributed by atoms with van der Waals surface area (Å²) in [6.45, 7) is 3.12. The van der Waals surface area contributed by atoms with Gasteiger partial charge in [0.05, 0.1) is 18.3 Å². The number of nitrogens with one attached hydrogen (secondary N) is 2. The standard InChI is InChI=1S/C21H29N5O3/c1-3-10-29-19-11-17(20(27)23-12-15-13-24-26(2)14-15)4-5-18(19)25-21(28)16-6-8-22-9-7-16/h6-9,13-14,17-19H,3-5,10-12H2,1-2H3,(H,23,27)(H,25,28). The average Bonchev–Trinajstić information content (AvgIpc) is 3.17. The molecule has 0 aromatic carbocycles. The number of ether oxygens (including phenoxy) is 1. The first-order chi connectivity index (χ1) is 14.1. The molecule has 2 aromatic rings. The van der Waals surface area contributed by atoms with Gasteiger partial charge in [-0.05, 0) is 37.8 Å². The zero-order valence-corrected chi connectivity index (χ0v) is 17.0. The van der Waals surface area contributed by atoms with Crippen molar-refractivity contribution in [2.45, 2.75) is 51.3 Å². The number of hydrogen-bond donors (Lipinski definition) is 2. The number of aromatic nitrogens is 3. The Morgan fingerprint density at radius 3 is 2.76 bits per heavy atom. The summed E-state index contributed by atoms with van der Waals surface area (Å²) in [5.41, 5.74) is 1.54. The number of amides is 2. The lowest BCUT2D eigenvalue weighted by atomic mass is 9.83. The highest BCUT2D eigenvalue weighted by atomic mass is 16.5. The van der Waals surface area contributed by atoms with Crippen LogP contribution in [0.3, 0.4) is 0 Å². The highest BCUT2D eigenvalue weighted by Crippen LogP contribution is 2.28. The fourth-order valence-corrected chi connectivity index (χ4v) is 3.64. The second kappa shape index (κ2) is 10.2. The van der Waals surface area contributed by atoms with Crippen molar-refractivity contribution < 1.29 is 14.3 Å². The van der Waals surface area contributed by atoms with Gasteiger partial charge in [0.1, 0.15) is 0 Å². The van der Waals surface area contributed by atoms with Crippen LogP contribution in [-0.2, 0) is 23.1 Å². The van der Waals surface area contributed by atoms with E-state index >= 15 is 0 Å². The van der Waals surface area contributed by atoms with Gasteiger partial charge in [0.2, 0.25) is 5.91 Å². The fourth-order valence-electron chi connectivity index (χ4n) is 3.64. The lowest BCUT2D eigenvalue weighted by molar-refractivity contribution is -0.128. The van der Waals surface area contributed by atoms with Crippen LogP contribution in [0.1, 0.15) is 48.5 Å². The Labute approximate surface area is 171 Å². The minimum Gasteiger partial charge on any atom is -0.376 e. The molecule has 156 valence electrons. The molecule has 3 unspecified atom stereocenters. The Bertz CT molecular complexity index is 808. The predicted molar refractivity (Wildman–Crippen MR) is 108 cm³/mol. The normalized spacial score (nSPS) is 21.5. The Morgan fingerprint density at radius 1 is 1.28 bits per heavy atom. The first-order valence-electron chi connectivity index (χ1n) is 10.1. The lowest BCUT2D eigenvalue weighted by Crippen LogP contribution is -2.50. The number of aryl methyl sites for hydroxylation is 1. The third-order valence-corrected chi connectivity index (χ3v) is 5.18. The van der Waals surface area contributed by atoms with Gasteiger partial charge in [0, 0.05) is 55.8 Å². The fraction of sp³-hybridized carbons (Fsp3) is 0.524. The largest absolute Gasteiger partial charge is 0.376 e. The summed E-state index contributed by atoms with van der Waals surface area (Å²) in [5, 5.41) is 10.2. The third-order valence-electron chi connectivity index (χ3n) is 5.18. The number of nitrogens with zero attached hydrogens (tertiary/aromatic N) is 3. The van der Waals surface area contributed by atoms with Crippen molar-refractivity contribution in [1.82, 2.24) is 25.4 Å². The molecule has 1 saturated carbocycles. The number of pyridine rings is 1. The van der Waals surface area contributed by atoms with Crippen molar-refractivity contribution in [3.8, 4) is 0 Å². The molecule has 0 saturated heterocycles. The molecule has 1 aliphatic carbocycles. The topological polar surface area (TPSA) is 98.1 Å². The maximum Gasteiger partial charge on any atom is 0.251 e. The van der Waals surface area contributed by atoms with Crippen molar-refractivity contribution in [3.05, 3.63) is 48.0 Å². The van der Waals surface area contributed by atoms with Crippen LogP contribution in [0, 0.1) is 5.92 Å². The summed E-state index contributed by atoms with van der Waals surface area (Å²) in [5.74, 6) is -0.234. The molecule has 3 rings (SSSR count). The highest BCUT2D eigenvalue weighted by Gasteiger charge is 2.35. The van der Waals surface area contributed by atoms with Crippen LogP contribution in [0.2, 0.25) is 0 Å². The smallest absolute Gasteiger partial charge is 0.251 e. The number of rotatable bonds is 8. The monoisotopic (exact) mass is 399 g/mol. The molecule has 2 amide bonds. The van der Waals surface area contributed by atoms with Gasteiger partial charge in [-0.25, -0.2) is 0 Å². The summed E-state index contributed by atoms with van der Waals surface area (Å²) in [7, 11) is 1.85. The van der Waals surface area contributed by atoms with Crippen LogP contribution >= 0.6 is 0 Å². The van der Waals surface area contributed by atoms with Crippen LogP contribution in [0.5, 0.6) is 0 Å². The zero-order chi connectivity index (χ0) is 20.6. The van der Waals surface area contributed by atoms with Gasteiger partial charge in [-0.15, -0.1) is 0 Å². The molecule has 0 spiro atoms. The first-order valence-corrected chi connectivity index (χ1v) is 10.1. The molecule has 0 aliphatic heterocycles. The zero-order valence-electron chi connectivity index (χ0n) is 17.0. The molecule has 1 aliphatic rings. The number of carbonyl (C=O) groups excluding carboxylic acids is 2. The minimum atomic E-state index is -0.177. The molecule has 2 N–H and O–H groups in total. The molecule has 1 fully saturated rings. The van der Waals surface area contributed by atoms with E-state index in [1.807, 2.05) is 20.2 Å². The van der Waals surface area contributed by atoms with E-state index in [4.69, 9.17) is 4.74 Å². The maximum atomic E-state index is 12.7. The van der Waals surface area contributed by atoms with Crippen molar-refractivity contribution in [2.75, 3.05) is 6.61 Å². The number of hydrogen-bond acceptors (Lipinski definition) is 5. The lowest BCUT2D eigenvalue weighted by Gasteiger charge is -2.36. The molecule has 3 atom stereocenters. The van der Waals surface area contributed by atoms with Crippen molar-refractivity contribution in [3.63, 3.8) is 0 Å². The quantitative estimate of drug-likeness (QED) is 0.706. The Morgan fingerprint density at radius 2 is 2.07 bits per heavy atom. The first kappa shape index (κ1) is 21.0. The number of carbonyl (C=O) groups is 2. The summed E-state index contributed by atoms with van der Waals surface area (Å²) in [6, 6.07) is 3.27. The van der Waals surface area contributed by atoms with Gasteiger partial charge in [-0.1, -0.05) is 6.92 Å². The molecule has 29 heavy (non-hydrogen) atoms. The highest BCUT2D eigenvalue weighted by molar-refractivity contribution is 5.94. The summed E-state index contributed by atoms with van der Waals surface area (Å²) >= 11 is 0. The summed E-state index contributed by atoms with van der Waals surface area (Å²) in [4.78, 5) is 29.1. The van der Waals surface area contributed by atoms with Crippen molar-refractivity contribution >= 4 is 11.8 Å².